The van der Waals surface area contributed by atoms with E-state index < -0.39 is 16.3 Å². The Hall–Kier alpha value is -2.44. The number of hydrogen-bond acceptors (Lipinski definition) is 4. The van der Waals surface area contributed by atoms with Crippen LogP contribution >= 0.6 is 0 Å². The first-order chi connectivity index (χ1) is 13.3. The molecular formula is C22H24N2O3S. The summed E-state index contributed by atoms with van der Waals surface area (Å²) in [5.41, 5.74) is 7.02. The summed E-state index contributed by atoms with van der Waals surface area (Å²) >= 11 is 0. The zero-order valence-corrected chi connectivity index (χ0v) is 17.4. The standard InChI is InChI=1S/C22H24N2O3S/c1-14-7-9-18(10-8-14)28(25,26)24-11-5-6-19-21(23-27-22(19)24)20-16(3)12-15(2)13-17(20)4/h6-10,12-13,22H,5,11H2,1-4H3. The van der Waals surface area contributed by atoms with Crippen molar-refractivity contribution in [3.63, 3.8) is 0 Å². The molecule has 0 N–H and O–H groups in total. The maximum Gasteiger partial charge on any atom is 0.246 e. The van der Waals surface area contributed by atoms with Crippen molar-refractivity contribution < 1.29 is 13.3 Å². The molecule has 0 fully saturated rings. The van der Waals surface area contributed by atoms with Gasteiger partial charge in [0.05, 0.1) is 4.90 Å². The third-order valence-corrected chi connectivity index (χ3v) is 7.16. The molecule has 0 radical (unpaired) electrons. The lowest BCUT2D eigenvalue weighted by atomic mass is 9.91. The summed E-state index contributed by atoms with van der Waals surface area (Å²) in [6.07, 6.45) is 1.97. The molecule has 2 heterocycles. The van der Waals surface area contributed by atoms with E-state index in [1.807, 2.05) is 19.1 Å². The molecule has 1 atom stereocenters. The Labute approximate surface area is 166 Å². The van der Waals surface area contributed by atoms with Crippen molar-refractivity contribution in [1.29, 1.82) is 0 Å². The van der Waals surface area contributed by atoms with Gasteiger partial charge in [-0.05, 0) is 57.4 Å². The Morgan fingerprint density at radius 1 is 1.00 bits per heavy atom. The van der Waals surface area contributed by atoms with Crippen LogP contribution in [0, 0.1) is 27.7 Å². The second-order valence-corrected chi connectivity index (χ2v) is 9.44. The highest BCUT2D eigenvalue weighted by atomic mass is 32.2. The van der Waals surface area contributed by atoms with Crippen LogP contribution in [0.15, 0.2) is 58.1 Å². The van der Waals surface area contributed by atoms with Gasteiger partial charge in [0.1, 0.15) is 5.71 Å². The average Bonchev–Trinajstić information content (AvgIpc) is 3.05. The first kappa shape index (κ1) is 18.9. The lowest BCUT2D eigenvalue weighted by Gasteiger charge is -2.30. The monoisotopic (exact) mass is 396 g/mol. The molecule has 0 saturated heterocycles. The van der Waals surface area contributed by atoms with Gasteiger partial charge in [-0.15, -0.1) is 0 Å². The molecule has 28 heavy (non-hydrogen) atoms. The van der Waals surface area contributed by atoms with Gasteiger partial charge in [0.15, 0.2) is 0 Å². The number of benzene rings is 2. The van der Waals surface area contributed by atoms with Crippen molar-refractivity contribution in [2.45, 2.75) is 45.2 Å². The van der Waals surface area contributed by atoms with Crippen LogP contribution < -0.4 is 0 Å². The van der Waals surface area contributed by atoms with Crippen LogP contribution in [0.3, 0.4) is 0 Å². The molecule has 0 aliphatic carbocycles. The molecule has 4 rings (SSSR count). The van der Waals surface area contributed by atoms with Gasteiger partial charge < -0.3 is 4.84 Å². The van der Waals surface area contributed by atoms with E-state index >= 15 is 0 Å². The molecule has 0 saturated carbocycles. The highest BCUT2D eigenvalue weighted by Gasteiger charge is 2.42. The Morgan fingerprint density at radius 2 is 1.64 bits per heavy atom. The van der Waals surface area contributed by atoms with E-state index in [0.717, 1.165) is 33.5 Å². The Kier molecular flexibility index (Phi) is 4.63. The number of aryl methyl sites for hydroxylation is 4. The number of rotatable bonds is 3. The van der Waals surface area contributed by atoms with Crippen LogP contribution in [0.1, 0.15) is 34.2 Å². The van der Waals surface area contributed by atoms with E-state index in [9.17, 15) is 8.42 Å². The second-order valence-electron chi connectivity index (χ2n) is 7.55. The van der Waals surface area contributed by atoms with Gasteiger partial charge in [-0.3, -0.25) is 0 Å². The zero-order chi connectivity index (χ0) is 20.1. The summed E-state index contributed by atoms with van der Waals surface area (Å²) in [6, 6.07) is 11.1. The molecule has 2 aromatic rings. The van der Waals surface area contributed by atoms with Crippen molar-refractivity contribution in [3.05, 3.63) is 75.9 Å². The van der Waals surface area contributed by atoms with E-state index in [0.29, 0.717) is 13.0 Å². The fourth-order valence-electron chi connectivity index (χ4n) is 4.03. The van der Waals surface area contributed by atoms with Gasteiger partial charge in [0, 0.05) is 17.7 Å². The smallest absolute Gasteiger partial charge is 0.246 e. The minimum Gasteiger partial charge on any atom is -0.370 e. The van der Waals surface area contributed by atoms with Crippen LogP contribution in [0.2, 0.25) is 0 Å². The molecule has 6 heteroatoms. The second kappa shape index (κ2) is 6.87. The number of fused-ring (bicyclic) bond motifs is 1. The summed E-state index contributed by atoms with van der Waals surface area (Å²) in [4.78, 5) is 5.95. The predicted molar refractivity (Wildman–Crippen MR) is 110 cm³/mol. The largest absolute Gasteiger partial charge is 0.370 e. The highest BCUT2D eigenvalue weighted by Crippen LogP contribution is 2.34. The van der Waals surface area contributed by atoms with Gasteiger partial charge in [-0.1, -0.05) is 46.6 Å². The van der Waals surface area contributed by atoms with Gasteiger partial charge in [-0.25, -0.2) is 8.42 Å². The molecule has 2 aliphatic rings. The number of sulfonamides is 1. The maximum atomic E-state index is 13.2. The van der Waals surface area contributed by atoms with Crippen LogP contribution in [-0.2, 0) is 14.9 Å². The number of hydrogen-bond donors (Lipinski definition) is 0. The number of oxime groups is 1. The average molecular weight is 397 g/mol. The van der Waals surface area contributed by atoms with E-state index in [4.69, 9.17) is 4.84 Å². The molecule has 146 valence electrons. The fraction of sp³-hybridized carbons (Fsp3) is 0.318. The van der Waals surface area contributed by atoms with Crippen molar-refractivity contribution in [2.24, 2.45) is 5.16 Å². The Balaban J connectivity index is 1.71. The lowest BCUT2D eigenvalue weighted by Crippen LogP contribution is -2.44. The van der Waals surface area contributed by atoms with Crippen molar-refractivity contribution in [3.8, 4) is 0 Å². The first-order valence-corrected chi connectivity index (χ1v) is 10.8. The van der Waals surface area contributed by atoms with E-state index in [2.05, 4.69) is 44.1 Å². The molecule has 0 aromatic heterocycles. The van der Waals surface area contributed by atoms with E-state index in [1.54, 1.807) is 12.1 Å². The molecule has 2 aromatic carbocycles. The van der Waals surface area contributed by atoms with Crippen LogP contribution in [0.5, 0.6) is 0 Å². The maximum absolute atomic E-state index is 13.2. The van der Waals surface area contributed by atoms with Crippen LogP contribution in [0.25, 0.3) is 0 Å². The molecule has 0 amide bonds. The molecule has 5 nitrogen and oxygen atoms in total. The molecule has 0 spiro atoms. The Morgan fingerprint density at radius 3 is 2.29 bits per heavy atom. The molecule has 2 aliphatic heterocycles. The summed E-state index contributed by atoms with van der Waals surface area (Å²) in [7, 11) is -3.67. The summed E-state index contributed by atoms with van der Waals surface area (Å²) in [5, 5.41) is 4.32. The minimum atomic E-state index is -3.67. The third kappa shape index (κ3) is 3.06. The summed E-state index contributed by atoms with van der Waals surface area (Å²) in [6.45, 7) is 8.48. The van der Waals surface area contributed by atoms with Crippen molar-refractivity contribution in [1.82, 2.24) is 4.31 Å². The lowest BCUT2D eigenvalue weighted by molar-refractivity contribution is 0.0235. The summed E-state index contributed by atoms with van der Waals surface area (Å²) in [5.74, 6) is 0. The van der Waals surface area contributed by atoms with Gasteiger partial charge in [0.2, 0.25) is 16.3 Å². The SMILES string of the molecule is Cc1ccc(S(=O)(=O)N2CCC=C3C(c4c(C)cc(C)cc4C)=NOC32)cc1. The highest BCUT2D eigenvalue weighted by molar-refractivity contribution is 7.89. The number of nitrogens with zero attached hydrogens (tertiary/aromatic N) is 2. The first-order valence-electron chi connectivity index (χ1n) is 9.40. The van der Waals surface area contributed by atoms with Crippen molar-refractivity contribution >= 4 is 15.7 Å². The Bertz CT molecular complexity index is 1080. The van der Waals surface area contributed by atoms with Gasteiger partial charge in [-0.2, -0.15) is 4.31 Å². The van der Waals surface area contributed by atoms with E-state index in [1.165, 1.54) is 9.87 Å². The third-order valence-electron chi connectivity index (χ3n) is 5.30. The van der Waals surface area contributed by atoms with Gasteiger partial charge >= 0.3 is 0 Å². The van der Waals surface area contributed by atoms with Gasteiger partial charge in [0.25, 0.3) is 0 Å². The van der Waals surface area contributed by atoms with Crippen LogP contribution in [0.4, 0.5) is 0 Å². The normalized spacial score (nSPS) is 19.6. The van der Waals surface area contributed by atoms with Crippen molar-refractivity contribution in [2.75, 3.05) is 6.54 Å². The minimum absolute atomic E-state index is 0.277. The fourth-order valence-corrected chi connectivity index (χ4v) is 5.53. The zero-order valence-electron chi connectivity index (χ0n) is 16.6. The van der Waals surface area contributed by atoms with Crippen LogP contribution in [-0.4, -0.2) is 31.2 Å². The molecule has 1 unspecified atom stereocenters. The topological polar surface area (TPSA) is 59.0 Å². The predicted octanol–water partition coefficient (Wildman–Crippen LogP) is 4.00. The summed E-state index contributed by atoms with van der Waals surface area (Å²) < 4.78 is 27.9. The molecular weight excluding hydrogens is 372 g/mol. The quantitative estimate of drug-likeness (QED) is 0.788. The molecule has 0 bridgehead atoms. The van der Waals surface area contributed by atoms with E-state index in [-0.39, 0.29) is 4.90 Å².